The lowest BCUT2D eigenvalue weighted by molar-refractivity contribution is 0.0698. The Morgan fingerprint density at radius 3 is 2.23 bits per heavy atom. The quantitative estimate of drug-likeness (QED) is 0.487. The third-order valence-corrected chi connectivity index (χ3v) is 2.80. The van der Waals surface area contributed by atoms with Gasteiger partial charge in [-0.1, -0.05) is 12.1 Å². The van der Waals surface area contributed by atoms with Crippen molar-refractivity contribution in [2.75, 3.05) is 24.0 Å². The molecule has 0 aromatic rings. The van der Waals surface area contributed by atoms with Gasteiger partial charge in [0.05, 0.1) is 5.71 Å². The van der Waals surface area contributed by atoms with Crippen LogP contribution in [-0.4, -0.2) is 35.8 Å². The summed E-state index contributed by atoms with van der Waals surface area (Å²) in [5.41, 5.74) is 1.14. The van der Waals surface area contributed by atoms with Crippen LogP contribution in [0.25, 0.3) is 0 Å². The Morgan fingerprint density at radius 2 is 1.85 bits per heavy atom. The van der Waals surface area contributed by atoms with Crippen LogP contribution in [0.15, 0.2) is 5.16 Å². The largest absolute Gasteiger partial charge is 0.393 e. The highest BCUT2D eigenvalue weighted by Gasteiger charge is 2.01. The second kappa shape index (κ2) is 8.75. The third-order valence-electron chi connectivity index (χ3n) is 1.56. The second-order valence-electron chi connectivity index (χ2n) is 2.85. The van der Waals surface area contributed by atoms with Crippen LogP contribution in [0, 0.1) is 0 Å². The fourth-order valence-corrected chi connectivity index (χ4v) is 1.77. The first-order valence-corrected chi connectivity index (χ1v) is 7.22. The van der Waals surface area contributed by atoms with E-state index in [1.807, 2.05) is 6.92 Å². The molecular formula is C9H19NOS2. The molecule has 0 aliphatic heterocycles. The van der Waals surface area contributed by atoms with Crippen LogP contribution in [0.2, 0.25) is 0 Å². The van der Waals surface area contributed by atoms with Gasteiger partial charge in [-0.3, -0.25) is 0 Å². The Labute approximate surface area is 89.9 Å². The monoisotopic (exact) mass is 221 g/mol. The highest BCUT2D eigenvalue weighted by atomic mass is 32.2. The Balaban J connectivity index is 3.86. The van der Waals surface area contributed by atoms with Crippen molar-refractivity contribution in [1.29, 1.82) is 0 Å². The molecule has 0 saturated heterocycles. The molecule has 2 nitrogen and oxygen atoms in total. The second-order valence-corrected chi connectivity index (χ2v) is 4.58. The molecule has 1 unspecified atom stereocenters. The highest BCUT2D eigenvalue weighted by Crippen LogP contribution is 2.03. The van der Waals surface area contributed by atoms with Crippen molar-refractivity contribution < 1.29 is 4.84 Å². The lowest BCUT2D eigenvalue weighted by Crippen LogP contribution is -2.09. The zero-order chi connectivity index (χ0) is 10.1. The van der Waals surface area contributed by atoms with E-state index in [2.05, 4.69) is 24.6 Å². The molecule has 0 aromatic carbocycles. The van der Waals surface area contributed by atoms with E-state index in [1.165, 1.54) is 0 Å². The molecule has 0 aliphatic rings. The first-order chi connectivity index (χ1) is 6.24. The summed E-state index contributed by atoms with van der Waals surface area (Å²) in [5, 5.41) is 4.15. The predicted octanol–water partition coefficient (Wildman–Crippen LogP) is 2.88. The maximum Gasteiger partial charge on any atom is 0.124 e. The molecule has 0 spiro atoms. The SMILES string of the molecule is CCC(C)ON=C(CSC)CSC. The molecule has 0 aliphatic carbocycles. The van der Waals surface area contributed by atoms with Gasteiger partial charge in [0.2, 0.25) is 0 Å². The van der Waals surface area contributed by atoms with E-state index in [4.69, 9.17) is 4.84 Å². The van der Waals surface area contributed by atoms with E-state index in [1.54, 1.807) is 23.5 Å². The number of rotatable bonds is 7. The number of thioether (sulfide) groups is 2. The minimum Gasteiger partial charge on any atom is -0.393 e. The van der Waals surface area contributed by atoms with Crippen LogP contribution in [0.3, 0.4) is 0 Å². The van der Waals surface area contributed by atoms with Gasteiger partial charge in [0.15, 0.2) is 0 Å². The van der Waals surface area contributed by atoms with Gasteiger partial charge in [0.1, 0.15) is 6.10 Å². The van der Waals surface area contributed by atoms with Crippen molar-refractivity contribution in [3.8, 4) is 0 Å². The summed E-state index contributed by atoms with van der Waals surface area (Å²) in [7, 11) is 0. The van der Waals surface area contributed by atoms with Crippen molar-refractivity contribution >= 4 is 29.2 Å². The molecule has 0 N–H and O–H groups in total. The summed E-state index contributed by atoms with van der Waals surface area (Å²) in [6.07, 6.45) is 5.41. The summed E-state index contributed by atoms with van der Waals surface area (Å²) in [4.78, 5) is 5.32. The van der Waals surface area contributed by atoms with Crippen LogP contribution in [0.5, 0.6) is 0 Å². The van der Waals surface area contributed by atoms with Gasteiger partial charge in [0.25, 0.3) is 0 Å². The number of hydrogen-bond donors (Lipinski definition) is 0. The lowest BCUT2D eigenvalue weighted by atomic mass is 10.3. The van der Waals surface area contributed by atoms with Crippen LogP contribution >= 0.6 is 23.5 Å². The standard InChI is InChI=1S/C9H19NOS2/c1-5-8(2)11-10-9(6-12-3)7-13-4/h8H,5-7H2,1-4H3. The first-order valence-electron chi connectivity index (χ1n) is 4.44. The van der Waals surface area contributed by atoms with E-state index in [0.717, 1.165) is 23.6 Å². The van der Waals surface area contributed by atoms with E-state index < -0.39 is 0 Å². The molecule has 0 heterocycles. The van der Waals surface area contributed by atoms with Gasteiger partial charge in [-0.25, -0.2) is 0 Å². The van der Waals surface area contributed by atoms with Crippen molar-refractivity contribution in [2.45, 2.75) is 26.4 Å². The minimum absolute atomic E-state index is 0.235. The minimum atomic E-state index is 0.235. The smallest absolute Gasteiger partial charge is 0.124 e. The topological polar surface area (TPSA) is 21.6 Å². The molecule has 0 amide bonds. The Morgan fingerprint density at radius 1 is 1.31 bits per heavy atom. The maximum atomic E-state index is 5.32. The summed E-state index contributed by atoms with van der Waals surface area (Å²) < 4.78 is 0. The summed E-state index contributed by atoms with van der Waals surface area (Å²) in [5.74, 6) is 1.94. The Hall–Kier alpha value is 0.170. The van der Waals surface area contributed by atoms with Crippen LogP contribution in [0.1, 0.15) is 20.3 Å². The van der Waals surface area contributed by atoms with Gasteiger partial charge in [-0.2, -0.15) is 23.5 Å². The highest BCUT2D eigenvalue weighted by molar-refractivity contribution is 8.00. The molecule has 0 bridgehead atoms. The molecule has 0 rings (SSSR count). The predicted molar refractivity (Wildman–Crippen MR) is 65.0 cm³/mol. The normalized spacial score (nSPS) is 12.3. The average molecular weight is 221 g/mol. The zero-order valence-corrected chi connectivity index (χ0v) is 10.5. The first kappa shape index (κ1) is 13.2. The van der Waals surface area contributed by atoms with Gasteiger partial charge < -0.3 is 4.84 Å². The fraction of sp³-hybridized carbons (Fsp3) is 0.889. The average Bonchev–Trinajstić information content (AvgIpc) is 2.14. The van der Waals surface area contributed by atoms with Crippen LogP contribution < -0.4 is 0 Å². The summed E-state index contributed by atoms with van der Waals surface area (Å²) >= 11 is 3.57. The molecule has 13 heavy (non-hydrogen) atoms. The maximum absolute atomic E-state index is 5.32. The molecule has 1 atom stereocenters. The molecular weight excluding hydrogens is 202 g/mol. The fourth-order valence-electron chi connectivity index (χ4n) is 0.667. The summed E-state index contributed by atoms with van der Waals surface area (Å²) in [6, 6.07) is 0. The van der Waals surface area contributed by atoms with Crippen molar-refractivity contribution in [2.24, 2.45) is 5.16 Å². The van der Waals surface area contributed by atoms with Gasteiger partial charge >= 0.3 is 0 Å². The molecule has 0 fully saturated rings. The summed E-state index contributed by atoms with van der Waals surface area (Å²) in [6.45, 7) is 4.14. The molecule has 0 radical (unpaired) electrons. The van der Waals surface area contributed by atoms with Crippen molar-refractivity contribution in [3.63, 3.8) is 0 Å². The van der Waals surface area contributed by atoms with Gasteiger partial charge in [-0.15, -0.1) is 0 Å². The number of hydrogen-bond acceptors (Lipinski definition) is 4. The zero-order valence-electron chi connectivity index (χ0n) is 8.87. The van der Waals surface area contributed by atoms with E-state index in [-0.39, 0.29) is 6.10 Å². The molecule has 0 aromatic heterocycles. The third kappa shape index (κ3) is 7.26. The molecule has 4 heteroatoms. The molecule has 78 valence electrons. The van der Waals surface area contributed by atoms with E-state index >= 15 is 0 Å². The number of oxime groups is 1. The van der Waals surface area contributed by atoms with E-state index in [0.29, 0.717) is 0 Å². The lowest BCUT2D eigenvalue weighted by Gasteiger charge is -2.08. The van der Waals surface area contributed by atoms with Crippen molar-refractivity contribution in [1.82, 2.24) is 0 Å². The Bertz CT molecular complexity index is 143. The van der Waals surface area contributed by atoms with Crippen molar-refractivity contribution in [3.05, 3.63) is 0 Å². The van der Waals surface area contributed by atoms with Gasteiger partial charge in [0, 0.05) is 11.5 Å². The van der Waals surface area contributed by atoms with Crippen LogP contribution in [0.4, 0.5) is 0 Å². The van der Waals surface area contributed by atoms with E-state index in [9.17, 15) is 0 Å². The molecule has 0 saturated carbocycles. The van der Waals surface area contributed by atoms with Crippen LogP contribution in [-0.2, 0) is 4.84 Å². The number of nitrogens with zero attached hydrogens (tertiary/aromatic N) is 1. The Kier molecular flexibility index (Phi) is 8.87. The van der Waals surface area contributed by atoms with Gasteiger partial charge in [-0.05, 0) is 25.9 Å².